The lowest BCUT2D eigenvalue weighted by atomic mass is 9.85. The molecule has 3 N–H and O–H groups in total. The minimum Gasteiger partial charge on any atom is -0.356 e. The van der Waals surface area contributed by atoms with Gasteiger partial charge in [-0.2, -0.15) is 0 Å². The molecule has 2 heterocycles. The van der Waals surface area contributed by atoms with Gasteiger partial charge in [-0.25, -0.2) is 0 Å². The number of rotatable bonds is 6. The molecule has 3 atom stereocenters. The molecule has 192 valence electrons. The quantitative estimate of drug-likeness (QED) is 0.580. The van der Waals surface area contributed by atoms with E-state index in [1.54, 1.807) is 4.90 Å². The third-order valence-electron chi connectivity index (χ3n) is 7.84. The van der Waals surface area contributed by atoms with Gasteiger partial charge in [0.25, 0.3) is 0 Å². The molecular formula is C28H42N4O3. The van der Waals surface area contributed by atoms with E-state index in [1.165, 1.54) is 12.0 Å². The summed E-state index contributed by atoms with van der Waals surface area (Å²) < 4.78 is 0. The van der Waals surface area contributed by atoms with Crippen molar-refractivity contribution in [2.24, 2.45) is 5.92 Å². The summed E-state index contributed by atoms with van der Waals surface area (Å²) in [6, 6.07) is 7.18. The highest BCUT2D eigenvalue weighted by molar-refractivity contribution is 6.04. The van der Waals surface area contributed by atoms with Crippen molar-refractivity contribution in [1.29, 1.82) is 0 Å². The molecular weight excluding hydrogens is 440 g/mol. The van der Waals surface area contributed by atoms with Crippen LogP contribution < -0.4 is 20.9 Å². The summed E-state index contributed by atoms with van der Waals surface area (Å²) in [7, 11) is 0. The van der Waals surface area contributed by atoms with Gasteiger partial charge in [0.1, 0.15) is 6.04 Å². The summed E-state index contributed by atoms with van der Waals surface area (Å²) in [6.07, 6.45) is 8.02. The number of nitrogens with one attached hydrogen (secondary N) is 3. The molecule has 7 nitrogen and oxygen atoms in total. The first-order valence-corrected chi connectivity index (χ1v) is 13.5. The fraction of sp³-hybridized carbons (Fsp3) is 0.679. The highest BCUT2D eigenvalue weighted by Gasteiger charge is 2.42. The molecule has 4 rings (SSSR count). The van der Waals surface area contributed by atoms with Crippen molar-refractivity contribution in [3.05, 3.63) is 29.8 Å². The average Bonchev–Trinajstić information content (AvgIpc) is 3.37. The molecule has 0 bridgehead atoms. The zero-order chi connectivity index (χ0) is 25.0. The molecule has 2 saturated heterocycles. The molecule has 1 aromatic carbocycles. The normalized spacial score (nSPS) is 24.5. The van der Waals surface area contributed by atoms with Crippen molar-refractivity contribution in [1.82, 2.24) is 16.0 Å². The van der Waals surface area contributed by atoms with Gasteiger partial charge in [-0.1, -0.05) is 52.2 Å². The van der Waals surface area contributed by atoms with Crippen LogP contribution in [-0.4, -0.2) is 48.9 Å². The van der Waals surface area contributed by atoms with Crippen LogP contribution in [0.1, 0.15) is 84.1 Å². The van der Waals surface area contributed by atoms with Gasteiger partial charge >= 0.3 is 0 Å². The first-order chi connectivity index (χ1) is 16.7. The van der Waals surface area contributed by atoms with Gasteiger partial charge in [0.05, 0.1) is 6.04 Å². The number of piperidine rings is 1. The maximum atomic E-state index is 14.0. The second-order valence-electron chi connectivity index (χ2n) is 11.5. The number of hydrogen-bond donors (Lipinski definition) is 3. The smallest absolute Gasteiger partial charge is 0.244 e. The zero-order valence-electron chi connectivity index (χ0n) is 21.6. The summed E-state index contributed by atoms with van der Waals surface area (Å²) >= 11 is 0. The van der Waals surface area contributed by atoms with Crippen LogP contribution in [-0.2, 0) is 19.8 Å². The molecule has 0 spiro atoms. The Bertz CT molecular complexity index is 896. The van der Waals surface area contributed by atoms with E-state index in [9.17, 15) is 14.4 Å². The number of carbonyl (C=O) groups excluding carboxylic acids is 3. The van der Waals surface area contributed by atoms with E-state index in [-0.39, 0.29) is 47.6 Å². The molecule has 2 aliphatic heterocycles. The Labute approximate surface area is 209 Å². The van der Waals surface area contributed by atoms with Crippen molar-refractivity contribution in [3.8, 4) is 0 Å². The number of amides is 3. The third kappa shape index (κ3) is 6.24. The zero-order valence-corrected chi connectivity index (χ0v) is 21.6. The van der Waals surface area contributed by atoms with Gasteiger partial charge in [-0.05, 0) is 67.7 Å². The van der Waals surface area contributed by atoms with Crippen molar-refractivity contribution in [2.75, 3.05) is 18.0 Å². The fourth-order valence-corrected chi connectivity index (χ4v) is 5.76. The van der Waals surface area contributed by atoms with Crippen LogP contribution >= 0.6 is 0 Å². The van der Waals surface area contributed by atoms with Crippen molar-refractivity contribution < 1.29 is 14.4 Å². The molecule has 3 unspecified atom stereocenters. The van der Waals surface area contributed by atoms with Gasteiger partial charge < -0.3 is 16.0 Å². The van der Waals surface area contributed by atoms with E-state index >= 15 is 0 Å². The van der Waals surface area contributed by atoms with Crippen molar-refractivity contribution >= 4 is 23.4 Å². The second kappa shape index (κ2) is 11.1. The van der Waals surface area contributed by atoms with Crippen LogP contribution in [0.3, 0.4) is 0 Å². The average molecular weight is 483 g/mol. The lowest BCUT2D eigenvalue weighted by molar-refractivity contribution is -0.131. The first-order valence-electron chi connectivity index (χ1n) is 13.5. The molecule has 3 fully saturated rings. The fourth-order valence-electron chi connectivity index (χ4n) is 5.76. The molecule has 0 radical (unpaired) electrons. The first kappa shape index (κ1) is 25.7. The number of hydrogen-bond acceptors (Lipinski definition) is 4. The van der Waals surface area contributed by atoms with Gasteiger partial charge in [0.2, 0.25) is 17.7 Å². The maximum Gasteiger partial charge on any atom is 0.244 e. The molecule has 35 heavy (non-hydrogen) atoms. The summed E-state index contributed by atoms with van der Waals surface area (Å²) in [5, 5.41) is 9.49. The van der Waals surface area contributed by atoms with Crippen molar-refractivity contribution in [3.63, 3.8) is 0 Å². The minimum atomic E-state index is -0.710. The molecule has 7 heteroatoms. The standard InChI is InChI=1S/C28H42N4O3/c1-28(2,3)20-11-13-22(14-12-20)32(27(35)23-10-7-16-29-23)25(19-15-17-30-24(33)18-19)26(34)31-21-8-5-4-6-9-21/h11-14,19,21,23,25,29H,4-10,15-18H2,1-3H3,(H,30,33)(H,31,34). The third-order valence-corrected chi connectivity index (χ3v) is 7.84. The van der Waals surface area contributed by atoms with Gasteiger partial charge in [-0.15, -0.1) is 0 Å². The van der Waals surface area contributed by atoms with E-state index in [1.807, 2.05) is 12.1 Å². The van der Waals surface area contributed by atoms with Crippen LogP contribution in [0.25, 0.3) is 0 Å². The van der Waals surface area contributed by atoms with Gasteiger partial charge in [-0.3, -0.25) is 19.3 Å². The van der Waals surface area contributed by atoms with Crippen LogP contribution in [0.15, 0.2) is 24.3 Å². The molecule has 1 aliphatic carbocycles. The maximum absolute atomic E-state index is 14.0. The monoisotopic (exact) mass is 482 g/mol. The van der Waals surface area contributed by atoms with E-state index in [2.05, 4.69) is 48.9 Å². The molecule has 1 aromatic rings. The van der Waals surface area contributed by atoms with E-state index in [0.717, 1.165) is 50.8 Å². The summed E-state index contributed by atoms with van der Waals surface area (Å²) in [4.78, 5) is 42.0. The predicted octanol–water partition coefficient (Wildman–Crippen LogP) is 3.41. The molecule has 3 aliphatic rings. The predicted molar refractivity (Wildman–Crippen MR) is 138 cm³/mol. The lowest BCUT2D eigenvalue weighted by Gasteiger charge is -2.40. The summed E-state index contributed by atoms with van der Waals surface area (Å²) in [5.74, 6) is -0.463. The van der Waals surface area contributed by atoms with Gasteiger partial charge in [0.15, 0.2) is 0 Å². The van der Waals surface area contributed by atoms with E-state index in [4.69, 9.17) is 0 Å². The highest BCUT2D eigenvalue weighted by Crippen LogP contribution is 2.31. The Morgan fingerprint density at radius 1 is 0.971 bits per heavy atom. The topological polar surface area (TPSA) is 90.5 Å². The molecule has 0 aromatic heterocycles. The van der Waals surface area contributed by atoms with Crippen molar-refractivity contribution in [2.45, 2.75) is 102 Å². The van der Waals surface area contributed by atoms with E-state index < -0.39 is 6.04 Å². The Balaban J connectivity index is 1.71. The number of carbonyl (C=O) groups is 3. The Morgan fingerprint density at radius 3 is 2.29 bits per heavy atom. The summed E-state index contributed by atoms with van der Waals surface area (Å²) in [6.45, 7) is 7.82. The van der Waals surface area contributed by atoms with E-state index in [0.29, 0.717) is 13.0 Å². The second-order valence-corrected chi connectivity index (χ2v) is 11.5. The largest absolute Gasteiger partial charge is 0.356 e. The van der Waals surface area contributed by atoms with Gasteiger partial charge in [0, 0.05) is 24.7 Å². The number of anilines is 1. The van der Waals surface area contributed by atoms with Crippen LogP contribution in [0, 0.1) is 5.92 Å². The Kier molecular flexibility index (Phi) is 8.15. The molecule has 3 amide bonds. The Hall–Kier alpha value is -2.41. The highest BCUT2D eigenvalue weighted by atomic mass is 16.2. The number of benzene rings is 1. The van der Waals surface area contributed by atoms with Crippen LogP contribution in [0.2, 0.25) is 0 Å². The molecule has 1 saturated carbocycles. The SMILES string of the molecule is CC(C)(C)c1ccc(N(C(=O)C2CCCN2)C(C(=O)NC2CCCCC2)C2CCNC(=O)C2)cc1. The lowest BCUT2D eigenvalue weighted by Crippen LogP contribution is -2.60. The number of nitrogens with zero attached hydrogens (tertiary/aromatic N) is 1. The van der Waals surface area contributed by atoms with Crippen LogP contribution in [0.5, 0.6) is 0 Å². The Morgan fingerprint density at radius 2 is 1.69 bits per heavy atom. The van der Waals surface area contributed by atoms with Crippen LogP contribution in [0.4, 0.5) is 5.69 Å². The minimum absolute atomic E-state index is 0.0143. The summed E-state index contributed by atoms with van der Waals surface area (Å²) in [5.41, 5.74) is 1.89.